The third kappa shape index (κ3) is 4.45. The maximum atomic E-state index is 12.8. The Balaban J connectivity index is 2.91. The molecule has 7 heteroatoms. The van der Waals surface area contributed by atoms with Crippen molar-refractivity contribution in [2.24, 2.45) is 0 Å². The molecule has 0 aromatic heterocycles. The average molecular weight is 308 g/mol. The van der Waals surface area contributed by atoms with E-state index in [2.05, 4.69) is 5.32 Å². The summed E-state index contributed by atoms with van der Waals surface area (Å²) in [6.45, 7) is 1.64. The third-order valence-corrected chi connectivity index (χ3v) is 2.82. The van der Waals surface area contributed by atoms with Gasteiger partial charge in [0.05, 0.1) is 5.56 Å². The van der Waals surface area contributed by atoms with Crippen molar-refractivity contribution in [2.75, 3.05) is 11.9 Å². The lowest BCUT2D eigenvalue weighted by Gasteiger charge is -2.14. The largest absolute Gasteiger partial charge is 0.478 e. The van der Waals surface area contributed by atoms with Gasteiger partial charge in [-0.25, -0.2) is 4.79 Å². The molecule has 2 N–H and O–H groups in total. The summed E-state index contributed by atoms with van der Waals surface area (Å²) in [6, 6.07) is 3.37. The number of anilines is 1. The Morgan fingerprint density at radius 2 is 2.10 bits per heavy atom. The highest BCUT2D eigenvalue weighted by Crippen LogP contribution is 2.36. The lowest BCUT2D eigenvalue weighted by atomic mass is 10.1. The Morgan fingerprint density at radius 1 is 1.45 bits per heavy atom. The van der Waals surface area contributed by atoms with Crippen LogP contribution in [0.1, 0.15) is 18.9 Å². The number of alkyl halides is 3. The molecule has 0 bridgehead atoms. The SMILES string of the molecule is CC/C(=C/CNc1ccc(Cl)cc1C(F)(F)F)C(=O)O. The van der Waals surface area contributed by atoms with E-state index in [0.717, 1.165) is 6.07 Å². The van der Waals surface area contributed by atoms with Crippen LogP contribution in [0.15, 0.2) is 29.8 Å². The number of hydrogen-bond donors (Lipinski definition) is 2. The van der Waals surface area contributed by atoms with Gasteiger partial charge in [0.15, 0.2) is 0 Å². The molecule has 0 fully saturated rings. The first-order valence-corrected chi connectivity index (χ1v) is 6.16. The fourth-order valence-corrected chi connectivity index (χ4v) is 1.74. The minimum absolute atomic E-state index is 0.0137. The molecule has 0 unspecified atom stereocenters. The van der Waals surface area contributed by atoms with Crippen molar-refractivity contribution in [1.82, 2.24) is 0 Å². The molecule has 0 amide bonds. The molecule has 1 aromatic rings. The van der Waals surface area contributed by atoms with Gasteiger partial charge in [-0.2, -0.15) is 13.2 Å². The van der Waals surface area contributed by atoms with Gasteiger partial charge < -0.3 is 10.4 Å². The smallest absolute Gasteiger partial charge is 0.418 e. The first-order valence-electron chi connectivity index (χ1n) is 5.78. The molecule has 0 heterocycles. The number of carboxylic acid groups (broad SMARTS) is 1. The Morgan fingerprint density at radius 3 is 2.60 bits per heavy atom. The second-order valence-corrected chi connectivity index (χ2v) is 4.39. The Bertz CT molecular complexity index is 527. The van der Waals surface area contributed by atoms with E-state index < -0.39 is 17.7 Å². The molecular weight excluding hydrogens is 295 g/mol. The zero-order valence-electron chi connectivity index (χ0n) is 10.6. The first kappa shape index (κ1) is 16.4. The van der Waals surface area contributed by atoms with Gasteiger partial charge in [-0.15, -0.1) is 0 Å². The topological polar surface area (TPSA) is 49.3 Å². The highest BCUT2D eigenvalue weighted by atomic mass is 35.5. The molecular formula is C13H13ClF3NO2. The fraction of sp³-hybridized carbons (Fsp3) is 0.308. The zero-order valence-corrected chi connectivity index (χ0v) is 11.3. The zero-order chi connectivity index (χ0) is 15.3. The number of halogens is 4. The molecule has 110 valence electrons. The number of aliphatic carboxylic acids is 1. The van der Waals surface area contributed by atoms with Crippen LogP contribution in [0.3, 0.4) is 0 Å². The Kier molecular flexibility index (Phi) is 5.44. The summed E-state index contributed by atoms with van der Waals surface area (Å²) in [5, 5.41) is 11.3. The van der Waals surface area contributed by atoms with E-state index >= 15 is 0 Å². The van der Waals surface area contributed by atoms with E-state index in [4.69, 9.17) is 16.7 Å². The number of carbonyl (C=O) groups is 1. The average Bonchev–Trinajstić information content (AvgIpc) is 2.34. The highest BCUT2D eigenvalue weighted by molar-refractivity contribution is 6.30. The van der Waals surface area contributed by atoms with Crippen LogP contribution in [0, 0.1) is 0 Å². The van der Waals surface area contributed by atoms with Crippen LogP contribution in [-0.4, -0.2) is 17.6 Å². The van der Waals surface area contributed by atoms with Gasteiger partial charge in [0, 0.05) is 22.8 Å². The van der Waals surface area contributed by atoms with Gasteiger partial charge in [-0.3, -0.25) is 0 Å². The van der Waals surface area contributed by atoms with Crippen molar-refractivity contribution in [3.05, 3.63) is 40.4 Å². The predicted octanol–water partition coefficient (Wildman–Crippen LogP) is 4.19. The molecule has 20 heavy (non-hydrogen) atoms. The van der Waals surface area contributed by atoms with E-state index in [1.165, 1.54) is 18.2 Å². The second-order valence-electron chi connectivity index (χ2n) is 3.96. The molecule has 1 rings (SSSR count). The second kappa shape index (κ2) is 6.65. The summed E-state index contributed by atoms with van der Waals surface area (Å²) < 4.78 is 38.4. The molecule has 0 spiro atoms. The fourth-order valence-electron chi connectivity index (χ4n) is 1.57. The summed E-state index contributed by atoms with van der Waals surface area (Å²) in [7, 11) is 0. The quantitative estimate of drug-likeness (QED) is 0.802. The maximum absolute atomic E-state index is 12.8. The van der Waals surface area contributed by atoms with E-state index in [0.29, 0.717) is 6.42 Å². The standard InChI is InChI=1S/C13H13ClF3NO2/c1-2-8(12(19)20)5-6-18-11-4-3-9(14)7-10(11)13(15,16)17/h3-5,7,18H,2,6H2,1H3,(H,19,20)/b8-5-. The Labute approximate surface area is 119 Å². The molecule has 0 atom stereocenters. The van der Waals surface area contributed by atoms with Crippen LogP contribution in [-0.2, 0) is 11.0 Å². The summed E-state index contributed by atoms with van der Waals surface area (Å²) in [5.41, 5.74) is -0.884. The van der Waals surface area contributed by atoms with Gasteiger partial charge in [-0.05, 0) is 24.6 Å². The molecule has 3 nitrogen and oxygen atoms in total. The van der Waals surface area contributed by atoms with Crippen molar-refractivity contribution in [3.63, 3.8) is 0 Å². The summed E-state index contributed by atoms with van der Waals surface area (Å²) in [5.74, 6) is -1.08. The molecule has 0 aliphatic heterocycles. The summed E-state index contributed by atoms with van der Waals surface area (Å²) in [6.07, 6.45) is -2.89. The number of hydrogen-bond acceptors (Lipinski definition) is 2. The van der Waals surface area contributed by atoms with Gasteiger partial charge in [0.1, 0.15) is 0 Å². The van der Waals surface area contributed by atoms with E-state index in [-0.39, 0.29) is 22.8 Å². The van der Waals surface area contributed by atoms with Gasteiger partial charge >= 0.3 is 12.1 Å². The van der Waals surface area contributed by atoms with E-state index in [1.54, 1.807) is 6.92 Å². The number of benzene rings is 1. The van der Waals surface area contributed by atoms with Crippen LogP contribution in [0.25, 0.3) is 0 Å². The highest BCUT2D eigenvalue weighted by Gasteiger charge is 2.33. The van der Waals surface area contributed by atoms with Crippen molar-refractivity contribution in [2.45, 2.75) is 19.5 Å². The lowest BCUT2D eigenvalue weighted by molar-refractivity contribution is -0.137. The number of carboxylic acids is 1. The van der Waals surface area contributed by atoms with Crippen LogP contribution in [0.4, 0.5) is 18.9 Å². The van der Waals surface area contributed by atoms with E-state index in [9.17, 15) is 18.0 Å². The van der Waals surface area contributed by atoms with Gasteiger partial charge in [0.25, 0.3) is 0 Å². The molecule has 0 aliphatic carbocycles. The molecule has 0 radical (unpaired) electrons. The van der Waals surface area contributed by atoms with E-state index in [1.807, 2.05) is 0 Å². The van der Waals surface area contributed by atoms with Crippen molar-refractivity contribution < 1.29 is 23.1 Å². The third-order valence-electron chi connectivity index (χ3n) is 2.58. The molecule has 0 saturated carbocycles. The van der Waals surface area contributed by atoms with Gasteiger partial charge in [-0.1, -0.05) is 24.6 Å². The normalized spacial score (nSPS) is 12.3. The van der Waals surface area contributed by atoms with Gasteiger partial charge in [0.2, 0.25) is 0 Å². The lowest BCUT2D eigenvalue weighted by Crippen LogP contribution is -2.11. The number of nitrogens with one attached hydrogen (secondary N) is 1. The monoisotopic (exact) mass is 307 g/mol. The molecule has 0 saturated heterocycles. The van der Waals surface area contributed by atoms with Crippen LogP contribution in [0.5, 0.6) is 0 Å². The number of rotatable bonds is 5. The van der Waals surface area contributed by atoms with Crippen LogP contribution in [0.2, 0.25) is 5.02 Å². The van der Waals surface area contributed by atoms with Crippen molar-refractivity contribution >= 4 is 23.3 Å². The predicted molar refractivity (Wildman–Crippen MR) is 71.0 cm³/mol. The Hall–Kier alpha value is -1.69. The summed E-state index contributed by atoms with van der Waals surface area (Å²) >= 11 is 5.55. The first-order chi connectivity index (χ1) is 9.25. The van der Waals surface area contributed by atoms with Crippen molar-refractivity contribution in [1.29, 1.82) is 0 Å². The van der Waals surface area contributed by atoms with Crippen LogP contribution >= 0.6 is 11.6 Å². The molecule has 1 aromatic carbocycles. The molecule has 0 aliphatic rings. The summed E-state index contributed by atoms with van der Waals surface area (Å²) in [4.78, 5) is 10.8. The minimum atomic E-state index is -4.53. The maximum Gasteiger partial charge on any atom is 0.418 e. The van der Waals surface area contributed by atoms with Crippen LogP contribution < -0.4 is 5.32 Å². The van der Waals surface area contributed by atoms with Crippen molar-refractivity contribution in [3.8, 4) is 0 Å². The minimum Gasteiger partial charge on any atom is -0.478 e.